The summed E-state index contributed by atoms with van der Waals surface area (Å²) in [6.45, 7) is 0.675. The van der Waals surface area contributed by atoms with Crippen molar-refractivity contribution in [3.05, 3.63) is 59.7 Å². The van der Waals surface area contributed by atoms with Crippen LogP contribution in [0.5, 0.6) is 0 Å². The Labute approximate surface area is 112 Å². The molecule has 4 heteroatoms. The monoisotopic (exact) mass is 256 g/mol. The topological polar surface area (TPSA) is 66.6 Å². The highest BCUT2D eigenvalue weighted by Gasteiger charge is 2.06. The van der Waals surface area contributed by atoms with Crippen LogP contribution in [0.15, 0.2) is 48.5 Å². The molecule has 2 aromatic rings. The molecule has 98 valence electrons. The average Bonchev–Trinajstić information content (AvgIpc) is 2.39. The molecule has 0 aromatic heterocycles. The zero-order chi connectivity index (χ0) is 13.8. The Balaban J connectivity index is 2.13. The zero-order valence-corrected chi connectivity index (χ0v) is 10.7. The molecule has 0 saturated heterocycles. The summed E-state index contributed by atoms with van der Waals surface area (Å²) in [4.78, 5) is 12.8. The Morgan fingerprint density at radius 2 is 1.79 bits per heavy atom. The van der Waals surface area contributed by atoms with Crippen LogP contribution >= 0.6 is 0 Å². The number of nitrogens with two attached hydrogens (primary N) is 1. The maximum Gasteiger partial charge on any atom is 0.335 e. The third-order valence-electron chi connectivity index (χ3n) is 2.97. The van der Waals surface area contributed by atoms with Gasteiger partial charge in [0.15, 0.2) is 0 Å². The maximum absolute atomic E-state index is 10.8. The van der Waals surface area contributed by atoms with E-state index in [9.17, 15) is 4.79 Å². The number of hydrogen-bond donors (Lipinski definition) is 2. The maximum atomic E-state index is 10.8. The molecule has 0 aliphatic heterocycles. The van der Waals surface area contributed by atoms with E-state index in [0.29, 0.717) is 12.1 Å². The van der Waals surface area contributed by atoms with E-state index in [0.717, 1.165) is 16.9 Å². The van der Waals surface area contributed by atoms with Crippen LogP contribution in [0.1, 0.15) is 15.9 Å². The van der Waals surface area contributed by atoms with Crippen molar-refractivity contribution in [2.45, 2.75) is 6.54 Å². The van der Waals surface area contributed by atoms with Crippen LogP contribution < -0.4 is 10.6 Å². The fourth-order valence-corrected chi connectivity index (χ4v) is 1.95. The first-order valence-electron chi connectivity index (χ1n) is 5.96. The molecule has 0 unspecified atom stereocenters. The number of hydrogen-bond acceptors (Lipinski definition) is 3. The van der Waals surface area contributed by atoms with E-state index in [1.165, 1.54) is 0 Å². The molecule has 19 heavy (non-hydrogen) atoms. The number of rotatable bonds is 4. The number of nitrogen functional groups attached to an aromatic ring is 1. The highest BCUT2D eigenvalue weighted by atomic mass is 16.4. The minimum absolute atomic E-state index is 0.297. The number of benzene rings is 2. The minimum atomic E-state index is -0.910. The van der Waals surface area contributed by atoms with Crippen LogP contribution in [0.4, 0.5) is 11.4 Å². The molecule has 0 saturated carbocycles. The highest BCUT2D eigenvalue weighted by Crippen LogP contribution is 2.22. The standard InChI is InChI=1S/C15H16N2O2/c1-17(14-5-3-2-4-13(14)16)10-11-6-8-12(9-7-11)15(18)19/h2-9H,10,16H2,1H3,(H,18,19). The normalized spacial score (nSPS) is 10.2. The van der Waals surface area contributed by atoms with Crippen LogP contribution in [0, 0.1) is 0 Å². The van der Waals surface area contributed by atoms with Crippen LogP contribution in [0.25, 0.3) is 0 Å². The molecule has 0 bridgehead atoms. The van der Waals surface area contributed by atoms with Gasteiger partial charge in [0.2, 0.25) is 0 Å². The molecule has 0 aliphatic rings. The molecular formula is C15H16N2O2. The Bertz CT molecular complexity index is 579. The minimum Gasteiger partial charge on any atom is -0.478 e. The number of para-hydroxylation sites is 2. The van der Waals surface area contributed by atoms with E-state index in [1.54, 1.807) is 12.1 Å². The smallest absolute Gasteiger partial charge is 0.335 e. The van der Waals surface area contributed by atoms with E-state index in [4.69, 9.17) is 10.8 Å². The third-order valence-corrected chi connectivity index (χ3v) is 2.97. The van der Waals surface area contributed by atoms with Gasteiger partial charge < -0.3 is 15.7 Å². The van der Waals surface area contributed by atoms with Gasteiger partial charge in [0.05, 0.1) is 16.9 Å². The van der Waals surface area contributed by atoms with Crippen molar-refractivity contribution in [1.29, 1.82) is 0 Å². The number of aromatic carboxylic acids is 1. The summed E-state index contributed by atoms with van der Waals surface area (Å²) in [5.74, 6) is -0.910. The molecule has 2 rings (SSSR count). The van der Waals surface area contributed by atoms with Crippen LogP contribution in [0.2, 0.25) is 0 Å². The number of nitrogens with zero attached hydrogens (tertiary/aromatic N) is 1. The van der Waals surface area contributed by atoms with Crippen molar-refractivity contribution in [3.63, 3.8) is 0 Å². The predicted molar refractivity (Wildman–Crippen MR) is 76.4 cm³/mol. The summed E-state index contributed by atoms with van der Waals surface area (Å²) < 4.78 is 0. The van der Waals surface area contributed by atoms with Crippen molar-refractivity contribution in [3.8, 4) is 0 Å². The molecule has 4 nitrogen and oxygen atoms in total. The molecule has 3 N–H and O–H groups in total. The molecule has 0 radical (unpaired) electrons. The van der Waals surface area contributed by atoms with Gasteiger partial charge >= 0.3 is 5.97 Å². The Morgan fingerprint density at radius 1 is 1.16 bits per heavy atom. The van der Waals surface area contributed by atoms with Gasteiger partial charge in [-0.2, -0.15) is 0 Å². The van der Waals surface area contributed by atoms with Crippen molar-refractivity contribution >= 4 is 17.3 Å². The van der Waals surface area contributed by atoms with Crippen LogP contribution in [0.3, 0.4) is 0 Å². The van der Waals surface area contributed by atoms with Gasteiger partial charge in [0.25, 0.3) is 0 Å². The van der Waals surface area contributed by atoms with E-state index in [1.807, 2.05) is 48.3 Å². The number of carbonyl (C=O) groups is 1. The van der Waals surface area contributed by atoms with Crippen molar-refractivity contribution in [2.75, 3.05) is 17.7 Å². The summed E-state index contributed by atoms with van der Waals surface area (Å²) in [7, 11) is 1.96. The van der Waals surface area contributed by atoms with E-state index in [2.05, 4.69) is 0 Å². The molecule has 0 heterocycles. The van der Waals surface area contributed by atoms with Gasteiger partial charge in [0, 0.05) is 13.6 Å². The van der Waals surface area contributed by atoms with E-state index >= 15 is 0 Å². The molecule has 2 aromatic carbocycles. The molecule has 0 amide bonds. The first kappa shape index (κ1) is 13.0. The Hall–Kier alpha value is -2.49. The summed E-state index contributed by atoms with van der Waals surface area (Å²) in [6, 6.07) is 14.5. The molecule has 0 aliphatic carbocycles. The van der Waals surface area contributed by atoms with Crippen molar-refractivity contribution < 1.29 is 9.90 Å². The fraction of sp³-hybridized carbons (Fsp3) is 0.133. The van der Waals surface area contributed by atoms with Crippen molar-refractivity contribution in [1.82, 2.24) is 0 Å². The summed E-state index contributed by atoms with van der Waals surface area (Å²) in [5.41, 5.74) is 8.95. The van der Waals surface area contributed by atoms with Gasteiger partial charge in [-0.3, -0.25) is 0 Å². The Morgan fingerprint density at radius 3 is 2.37 bits per heavy atom. The Kier molecular flexibility index (Phi) is 3.71. The lowest BCUT2D eigenvalue weighted by Gasteiger charge is -2.21. The zero-order valence-electron chi connectivity index (χ0n) is 10.7. The summed E-state index contributed by atoms with van der Waals surface area (Å²) in [6.07, 6.45) is 0. The SMILES string of the molecule is CN(Cc1ccc(C(=O)O)cc1)c1ccccc1N. The van der Waals surface area contributed by atoms with Gasteiger partial charge in [0.1, 0.15) is 0 Å². The van der Waals surface area contributed by atoms with E-state index < -0.39 is 5.97 Å². The number of anilines is 2. The second kappa shape index (κ2) is 5.44. The predicted octanol–water partition coefficient (Wildman–Crippen LogP) is 2.60. The number of carboxylic acid groups (broad SMARTS) is 1. The summed E-state index contributed by atoms with van der Waals surface area (Å²) in [5, 5.41) is 8.85. The van der Waals surface area contributed by atoms with Crippen LogP contribution in [-0.2, 0) is 6.54 Å². The number of carboxylic acids is 1. The molecular weight excluding hydrogens is 240 g/mol. The first-order chi connectivity index (χ1) is 9.08. The van der Waals surface area contributed by atoms with Gasteiger partial charge in [-0.05, 0) is 29.8 Å². The van der Waals surface area contributed by atoms with Crippen molar-refractivity contribution in [2.24, 2.45) is 0 Å². The molecule has 0 fully saturated rings. The van der Waals surface area contributed by atoms with Gasteiger partial charge in [-0.1, -0.05) is 24.3 Å². The second-order valence-corrected chi connectivity index (χ2v) is 4.42. The first-order valence-corrected chi connectivity index (χ1v) is 5.96. The van der Waals surface area contributed by atoms with Crippen LogP contribution in [-0.4, -0.2) is 18.1 Å². The second-order valence-electron chi connectivity index (χ2n) is 4.42. The van der Waals surface area contributed by atoms with Gasteiger partial charge in [-0.15, -0.1) is 0 Å². The largest absolute Gasteiger partial charge is 0.478 e. The molecule has 0 spiro atoms. The quantitative estimate of drug-likeness (QED) is 0.825. The fourth-order valence-electron chi connectivity index (χ4n) is 1.95. The summed E-state index contributed by atoms with van der Waals surface area (Å²) >= 11 is 0. The lowest BCUT2D eigenvalue weighted by Crippen LogP contribution is -2.17. The third kappa shape index (κ3) is 3.04. The average molecular weight is 256 g/mol. The van der Waals surface area contributed by atoms with Gasteiger partial charge in [-0.25, -0.2) is 4.79 Å². The lowest BCUT2D eigenvalue weighted by molar-refractivity contribution is 0.0697. The highest BCUT2D eigenvalue weighted by molar-refractivity contribution is 5.87. The lowest BCUT2D eigenvalue weighted by atomic mass is 10.1. The molecule has 0 atom stereocenters. The van der Waals surface area contributed by atoms with E-state index in [-0.39, 0.29) is 0 Å².